The molecular weight excluding hydrogens is 307 g/mol. The molecule has 1 aromatic heterocycles. The van der Waals surface area contributed by atoms with Gasteiger partial charge in [0.15, 0.2) is 5.82 Å². The van der Waals surface area contributed by atoms with Gasteiger partial charge in [0.1, 0.15) is 22.6 Å². The monoisotopic (exact) mass is 315 g/mol. The number of hydrogen-bond donors (Lipinski definition) is 1. The average molecular weight is 316 g/mol. The molecular formula is C13H9Cl2F2N3. The quantitative estimate of drug-likeness (QED) is 0.835. The summed E-state index contributed by atoms with van der Waals surface area (Å²) < 4.78 is 26.7. The summed E-state index contributed by atoms with van der Waals surface area (Å²) in [5.41, 5.74) is -0.0374. The van der Waals surface area contributed by atoms with Crippen LogP contribution in [0, 0.1) is 11.6 Å². The molecule has 3 nitrogen and oxygen atoms in total. The van der Waals surface area contributed by atoms with Crippen molar-refractivity contribution >= 4 is 34.7 Å². The first-order valence-corrected chi connectivity index (χ1v) is 6.74. The van der Waals surface area contributed by atoms with Gasteiger partial charge in [-0.15, -0.1) is 0 Å². The fraction of sp³-hybridized carbons (Fsp3) is 0.231. The molecule has 104 valence electrons. The highest BCUT2D eigenvalue weighted by atomic mass is 35.5. The lowest BCUT2D eigenvalue weighted by Gasteiger charge is -2.10. The number of halogens is 4. The zero-order valence-corrected chi connectivity index (χ0v) is 11.6. The van der Waals surface area contributed by atoms with Crippen LogP contribution in [0.5, 0.6) is 0 Å². The summed E-state index contributed by atoms with van der Waals surface area (Å²) >= 11 is 11.7. The van der Waals surface area contributed by atoms with Gasteiger partial charge in [0, 0.05) is 18.1 Å². The fourth-order valence-electron chi connectivity index (χ4n) is 1.81. The van der Waals surface area contributed by atoms with Crippen molar-refractivity contribution in [1.82, 2.24) is 9.97 Å². The van der Waals surface area contributed by atoms with Gasteiger partial charge in [-0.05, 0) is 18.9 Å². The number of benzene rings is 1. The molecule has 1 N–H and O–H groups in total. The van der Waals surface area contributed by atoms with E-state index >= 15 is 0 Å². The van der Waals surface area contributed by atoms with E-state index in [9.17, 15) is 8.78 Å². The number of aromatic nitrogens is 2. The molecule has 20 heavy (non-hydrogen) atoms. The Morgan fingerprint density at radius 2 is 1.85 bits per heavy atom. The maximum Gasteiger partial charge on any atom is 0.151 e. The largest absolute Gasteiger partial charge is 0.336 e. The van der Waals surface area contributed by atoms with Crippen molar-refractivity contribution in [3.05, 3.63) is 45.8 Å². The Kier molecular flexibility index (Phi) is 3.48. The molecule has 1 aliphatic rings. The highest BCUT2D eigenvalue weighted by molar-refractivity contribution is 6.33. The fourth-order valence-corrected chi connectivity index (χ4v) is 2.24. The van der Waals surface area contributed by atoms with Gasteiger partial charge in [-0.1, -0.05) is 23.2 Å². The van der Waals surface area contributed by atoms with Crippen molar-refractivity contribution in [2.24, 2.45) is 0 Å². The molecule has 0 saturated heterocycles. The molecule has 7 heteroatoms. The third kappa shape index (κ3) is 2.83. The van der Waals surface area contributed by atoms with E-state index in [4.69, 9.17) is 23.2 Å². The Morgan fingerprint density at radius 3 is 2.50 bits per heavy atom. The minimum atomic E-state index is -0.794. The predicted molar refractivity (Wildman–Crippen MR) is 73.7 cm³/mol. The molecule has 0 atom stereocenters. The van der Waals surface area contributed by atoms with E-state index in [1.165, 1.54) is 6.07 Å². The van der Waals surface area contributed by atoms with Crippen LogP contribution >= 0.6 is 23.2 Å². The summed E-state index contributed by atoms with van der Waals surface area (Å²) in [5.74, 6) is -0.268. The Labute approximate surface area is 124 Å². The first-order valence-electron chi connectivity index (χ1n) is 5.99. The summed E-state index contributed by atoms with van der Waals surface area (Å²) in [5, 5.41) is 2.92. The van der Waals surface area contributed by atoms with E-state index in [1.54, 1.807) is 0 Å². The predicted octanol–water partition coefficient (Wildman–Crippen LogP) is 4.68. The van der Waals surface area contributed by atoms with Gasteiger partial charge in [0.25, 0.3) is 0 Å². The van der Waals surface area contributed by atoms with E-state index in [-0.39, 0.29) is 15.9 Å². The van der Waals surface area contributed by atoms with Gasteiger partial charge in [-0.2, -0.15) is 0 Å². The van der Waals surface area contributed by atoms with Gasteiger partial charge < -0.3 is 5.32 Å². The van der Waals surface area contributed by atoms with Crippen molar-refractivity contribution in [3.8, 4) is 0 Å². The van der Waals surface area contributed by atoms with E-state index in [0.717, 1.165) is 25.0 Å². The maximum atomic E-state index is 13.7. The molecule has 0 radical (unpaired) electrons. The highest BCUT2D eigenvalue weighted by Gasteiger charge is 2.27. The number of nitrogens with one attached hydrogen (secondary N) is 1. The molecule has 1 aromatic carbocycles. The summed E-state index contributed by atoms with van der Waals surface area (Å²) in [6, 6.07) is 3.24. The Morgan fingerprint density at radius 1 is 1.10 bits per heavy atom. The Bertz CT molecular complexity index is 652. The lowest BCUT2D eigenvalue weighted by molar-refractivity contribution is 0.586. The molecule has 0 spiro atoms. The average Bonchev–Trinajstić information content (AvgIpc) is 3.17. The number of nitrogens with zero attached hydrogens (tertiary/aromatic N) is 2. The van der Waals surface area contributed by atoms with E-state index in [0.29, 0.717) is 17.6 Å². The molecule has 0 unspecified atom stereocenters. The van der Waals surface area contributed by atoms with E-state index in [1.807, 2.05) is 0 Å². The topological polar surface area (TPSA) is 37.8 Å². The van der Waals surface area contributed by atoms with Crippen LogP contribution < -0.4 is 5.32 Å². The molecule has 3 rings (SSSR count). The smallest absolute Gasteiger partial charge is 0.151 e. The summed E-state index contributed by atoms with van der Waals surface area (Å²) in [7, 11) is 0. The first kappa shape index (κ1) is 13.5. The Hall–Kier alpha value is -1.46. The van der Waals surface area contributed by atoms with Crippen LogP contribution in [0.25, 0.3) is 0 Å². The highest BCUT2D eigenvalue weighted by Crippen LogP contribution is 2.39. The van der Waals surface area contributed by atoms with Crippen LogP contribution in [-0.4, -0.2) is 9.97 Å². The van der Waals surface area contributed by atoms with E-state index < -0.39 is 11.6 Å². The minimum absolute atomic E-state index is 0.0374. The minimum Gasteiger partial charge on any atom is -0.336 e. The zero-order chi connectivity index (χ0) is 14.3. The maximum absolute atomic E-state index is 13.7. The number of rotatable bonds is 3. The van der Waals surface area contributed by atoms with Crippen LogP contribution in [-0.2, 0) is 0 Å². The van der Waals surface area contributed by atoms with Crippen LogP contribution in [0.1, 0.15) is 24.6 Å². The second-order valence-electron chi connectivity index (χ2n) is 4.58. The van der Waals surface area contributed by atoms with Gasteiger partial charge in [0.05, 0.1) is 10.7 Å². The standard InChI is InChI=1S/C13H9Cl2F2N3/c14-8-3-7(16)4-9(17)12(8)19-11-5-10(15)18-13(20-11)6-1-2-6/h3-6H,1-2H2,(H,18,19,20). The van der Waals surface area contributed by atoms with E-state index in [2.05, 4.69) is 15.3 Å². The second kappa shape index (κ2) is 5.14. The van der Waals surface area contributed by atoms with Crippen molar-refractivity contribution in [2.45, 2.75) is 18.8 Å². The third-order valence-corrected chi connectivity index (χ3v) is 3.41. The Balaban J connectivity index is 1.95. The molecule has 2 aromatic rings. The third-order valence-electron chi connectivity index (χ3n) is 2.91. The molecule has 0 amide bonds. The van der Waals surface area contributed by atoms with Gasteiger partial charge in [-0.25, -0.2) is 18.7 Å². The van der Waals surface area contributed by atoms with Crippen LogP contribution in [0.15, 0.2) is 18.2 Å². The molecule has 0 aliphatic heterocycles. The lowest BCUT2D eigenvalue weighted by atomic mass is 10.3. The normalized spacial score (nSPS) is 14.4. The number of anilines is 2. The molecule has 1 fully saturated rings. The van der Waals surface area contributed by atoms with Crippen LogP contribution in [0.3, 0.4) is 0 Å². The zero-order valence-electron chi connectivity index (χ0n) is 10.1. The summed E-state index contributed by atoms with van der Waals surface area (Å²) in [4.78, 5) is 8.39. The molecule has 1 aliphatic carbocycles. The van der Waals surface area contributed by atoms with Crippen molar-refractivity contribution in [3.63, 3.8) is 0 Å². The van der Waals surface area contributed by atoms with Gasteiger partial charge in [0.2, 0.25) is 0 Å². The first-order chi connectivity index (χ1) is 9.52. The van der Waals surface area contributed by atoms with Gasteiger partial charge in [-0.3, -0.25) is 0 Å². The molecule has 1 heterocycles. The van der Waals surface area contributed by atoms with Crippen LogP contribution in [0.4, 0.5) is 20.3 Å². The summed E-state index contributed by atoms with van der Waals surface area (Å²) in [6.07, 6.45) is 2.04. The number of hydrogen-bond acceptors (Lipinski definition) is 3. The van der Waals surface area contributed by atoms with Gasteiger partial charge >= 0.3 is 0 Å². The van der Waals surface area contributed by atoms with Crippen molar-refractivity contribution in [2.75, 3.05) is 5.32 Å². The second-order valence-corrected chi connectivity index (χ2v) is 5.37. The SMILES string of the molecule is Fc1cc(F)c(Nc2cc(Cl)nc(C3CC3)n2)c(Cl)c1. The lowest BCUT2D eigenvalue weighted by Crippen LogP contribution is -2.02. The van der Waals surface area contributed by atoms with Crippen molar-refractivity contribution < 1.29 is 8.78 Å². The van der Waals surface area contributed by atoms with Crippen LogP contribution in [0.2, 0.25) is 10.2 Å². The molecule has 0 bridgehead atoms. The summed E-state index contributed by atoms with van der Waals surface area (Å²) in [6.45, 7) is 0. The van der Waals surface area contributed by atoms with Crippen molar-refractivity contribution in [1.29, 1.82) is 0 Å². The molecule has 1 saturated carbocycles.